The zero-order valence-electron chi connectivity index (χ0n) is 10.1. The Morgan fingerprint density at radius 2 is 1.93 bits per heavy atom. The maximum absolute atomic E-state index is 12.3. The molecule has 0 saturated heterocycles. The summed E-state index contributed by atoms with van der Waals surface area (Å²) in [5.41, 5.74) is 0. The third-order valence-corrected chi connectivity index (χ3v) is 10.7. The zero-order chi connectivity index (χ0) is 11.9. The van der Waals surface area contributed by atoms with Gasteiger partial charge in [-0.25, -0.2) is 0 Å². The van der Waals surface area contributed by atoms with Gasteiger partial charge in [0.05, 0.1) is 6.61 Å². The quantitative estimate of drug-likeness (QED) is 0.600. The molecule has 0 aromatic carbocycles. The van der Waals surface area contributed by atoms with Gasteiger partial charge in [-0.2, -0.15) is 11.8 Å². The molecule has 0 rings (SSSR count). The molecule has 6 heteroatoms. The van der Waals surface area contributed by atoms with Gasteiger partial charge in [0.15, 0.2) is 0 Å². The fraction of sp³-hybridized carbons (Fsp3) is 1.00. The van der Waals surface area contributed by atoms with Crippen LogP contribution in [0.3, 0.4) is 0 Å². The monoisotopic (exact) mass is 288 g/mol. The second-order valence-corrected chi connectivity index (χ2v) is 12.5. The molecule has 0 spiro atoms. The number of hydrogen-bond donors (Lipinski definition) is 0. The number of rotatable bonds is 8. The van der Waals surface area contributed by atoms with Crippen LogP contribution in [0.1, 0.15) is 27.7 Å². The summed E-state index contributed by atoms with van der Waals surface area (Å²) in [5, 5.41) is 0.871. The van der Waals surface area contributed by atoms with Crippen LogP contribution in [0.4, 0.5) is 0 Å². The summed E-state index contributed by atoms with van der Waals surface area (Å²) in [6.07, 6.45) is 2.08. The van der Waals surface area contributed by atoms with Crippen LogP contribution in [0.25, 0.3) is 0 Å². The molecular formula is C9H21O2PS3. The highest BCUT2D eigenvalue weighted by Crippen LogP contribution is 2.71. The fourth-order valence-electron chi connectivity index (χ4n) is 0.779. The molecule has 0 radical (unpaired) electrons. The van der Waals surface area contributed by atoms with Gasteiger partial charge in [-0.3, -0.25) is 4.57 Å². The molecule has 0 amide bonds. The maximum Gasteiger partial charge on any atom is 0.313 e. The highest BCUT2D eigenvalue weighted by Gasteiger charge is 2.26. The first-order valence-corrected chi connectivity index (χ1v) is 11.0. The first kappa shape index (κ1) is 16.2. The van der Waals surface area contributed by atoms with Crippen molar-refractivity contribution < 1.29 is 9.09 Å². The summed E-state index contributed by atoms with van der Waals surface area (Å²) in [7, 11) is 0. The van der Waals surface area contributed by atoms with Crippen molar-refractivity contribution >= 4 is 40.3 Å². The third-order valence-electron chi connectivity index (χ3n) is 1.50. The lowest BCUT2D eigenvalue weighted by atomic mass is 10.6. The summed E-state index contributed by atoms with van der Waals surface area (Å²) < 4.78 is 17.7. The highest BCUT2D eigenvalue weighted by atomic mass is 33.1. The van der Waals surface area contributed by atoms with E-state index in [2.05, 4.69) is 27.0 Å². The lowest BCUT2D eigenvalue weighted by Gasteiger charge is -2.19. The normalized spacial score (nSPS) is 17.7. The molecule has 15 heavy (non-hydrogen) atoms. The molecule has 0 aromatic rings. The third kappa shape index (κ3) is 8.03. The van der Waals surface area contributed by atoms with Crippen LogP contribution in [-0.2, 0) is 9.09 Å². The van der Waals surface area contributed by atoms with Crippen LogP contribution in [0, 0.1) is 0 Å². The van der Waals surface area contributed by atoms with E-state index in [1.807, 2.05) is 6.92 Å². The Bertz CT molecular complexity index is 212. The summed E-state index contributed by atoms with van der Waals surface area (Å²) in [6, 6.07) is 0. The van der Waals surface area contributed by atoms with Crippen molar-refractivity contribution in [1.82, 2.24) is 0 Å². The number of thioether (sulfide) groups is 1. The predicted octanol–water partition coefficient (Wildman–Crippen LogP) is 4.76. The molecule has 0 fully saturated rings. The van der Waals surface area contributed by atoms with Crippen molar-refractivity contribution in [1.29, 1.82) is 0 Å². The summed E-state index contributed by atoms with van der Waals surface area (Å²) >= 11 is 4.75. The van der Waals surface area contributed by atoms with Gasteiger partial charge < -0.3 is 4.52 Å². The molecule has 2 unspecified atom stereocenters. The van der Waals surface area contributed by atoms with Crippen molar-refractivity contribution in [3.05, 3.63) is 0 Å². The molecule has 0 aliphatic heterocycles. The minimum absolute atomic E-state index is 0.347. The lowest BCUT2D eigenvalue weighted by Crippen LogP contribution is -1.99. The van der Waals surface area contributed by atoms with Crippen molar-refractivity contribution in [3.8, 4) is 0 Å². The van der Waals surface area contributed by atoms with Gasteiger partial charge in [-0.05, 0) is 13.2 Å². The Morgan fingerprint density at radius 1 is 1.33 bits per heavy atom. The van der Waals surface area contributed by atoms with E-state index in [9.17, 15) is 4.57 Å². The molecule has 0 aliphatic carbocycles. The Labute approximate surface area is 106 Å². The number of hydrogen-bond acceptors (Lipinski definition) is 5. The fourth-order valence-corrected chi connectivity index (χ4v) is 9.88. The highest BCUT2D eigenvalue weighted by molar-refractivity contribution is 8.89. The van der Waals surface area contributed by atoms with E-state index in [1.165, 1.54) is 22.8 Å². The molecule has 2 nitrogen and oxygen atoms in total. The van der Waals surface area contributed by atoms with Gasteiger partial charge in [-0.15, -0.1) is 0 Å². The van der Waals surface area contributed by atoms with Crippen LogP contribution in [0.15, 0.2) is 0 Å². The van der Waals surface area contributed by atoms with E-state index in [0.717, 1.165) is 5.75 Å². The Balaban J connectivity index is 4.18. The minimum Gasteiger partial charge on any atom is -0.314 e. The first-order valence-electron chi connectivity index (χ1n) is 5.03. The second-order valence-electron chi connectivity index (χ2n) is 3.36. The summed E-state index contributed by atoms with van der Waals surface area (Å²) in [5.74, 6) is -1.64. The molecule has 0 N–H and O–H groups in total. The maximum atomic E-state index is 12.3. The predicted molar refractivity (Wildman–Crippen MR) is 77.4 cm³/mol. The van der Waals surface area contributed by atoms with Gasteiger partial charge in [0.2, 0.25) is 0 Å². The van der Waals surface area contributed by atoms with E-state index >= 15 is 0 Å². The topological polar surface area (TPSA) is 26.3 Å². The lowest BCUT2D eigenvalue weighted by molar-refractivity contribution is 0.357. The van der Waals surface area contributed by atoms with Crippen molar-refractivity contribution in [3.63, 3.8) is 0 Å². The van der Waals surface area contributed by atoms with Crippen LogP contribution in [0.2, 0.25) is 0 Å². The van der Waals surface area contributed by atoms with Gasteiger partial charge in [-0.1, -0.05) is 43.5 Å². The van der Waals surface area contributed by atoms with Crippen molar-refractivity contribution in [2.75, 3.05) is 18.6 Å². The van der Waals surface area contributed by atoms with Crippen LogP contribution < -0.4 is 0 Å². The standard InChI is InChI=1S/C9H21O2PS3/c1-6-11-12(10,15-8(2)3)14-7-9(4)13-5/h8-9H,6-7H2,1-5H3. The van der Waals surface area contributed by atoms with E-state index in [-0.39, 0.29) is 0 Å². The average Bonchev–Trinajstić information content (AvgIpc) is 2.13. The van der Waals surface area contributed by atoms with Crippen LogP contribution in [-0.4, -0.2) is 29.1 Å². The molecular weight excluding hydrogens is 267 g/mol. The van der Waals surface area contributed by atoms with Crippen molar-refractivity contribution in [2.24, 2.45) is 0 Å². The van der Waals surface area contributed by atoms with Crippen LogP contribution in [0.5, 0.6) is 0 Å². The average molecular weight is 288 g/mol. The second kappa shape index (κ2) is 8.35. The Kier molecular flexibility index (Phi) is 9.04. The summed E-state index contributed by atoms with van der Waals surface area (Å²) in [4.78, 5) is 0. The van der Waals surface area contributed by atoms with Gasteiger partial charge in [0, 0.05) is 16.3 Å². The molecule has 0 bridgehead atoms. The zero-order valence-corrected chi connectivity index (χ0v) is 13.4. The molecule has 0 saturated carbocycles. The van der Waals surface area contributed by atoms with Crippen molar-refractivity contribution in [2.45, 2.75) is 38.2 Å². The molecule has 0 aliphatic rings. The molecule has 2 atom stereocenters. The van der Waals surface area contributed by atoms with Crippen LogP contribution >= 0.6 is 40.3 Å². The van der Waals surface area contributed by atoms with Gasteiger partial charge >= 0.3 is 5.77 Å². The summed E-state index contributed by atoms with van der Waals surface area (Å²) in [6.45, 7) is 8.67. The van der Waals surface area contributed by atoms with E-state index in [0.29, 0.717) is 17.1 Å². The first-order chi connectivity index (χ1) is 6.93. The Hall–Kier alpha value is 1.24. The smallest absolute Gasteiger partial charge is 0.313 e. The largest absolute Gasteiger partial charge is 0.314 e. The molecule has 92 valence electrons. The molecule has 0 heterocycles. The van der Waals surface area contributed by atoms with E-state index in [1.54, 1.807) is 11.8 Å². The van der Waals surface area contributed by atoms with Gasteiger partial charge in [0.1, 0.15) is 0 Å². The van der Waals surface area contributed by atoms with E-state index in [4.69, 9.17) is 4.52 Å². The molecule has 0 aromatic heterocycles. The van der Waals surface area contributed by atoms with E-state index < -0.39 is 5.77 Å². The Morgan fingerprint density at radius 3 is 2.33 bits per heavy atom. The van der Waals surface area contributed by atoms with Gasteiger partial charge in [0.25, 0.3) is 0 Å². The SMILES string of the molecule is CCOP(=O)(SCC(C)SC)SC(C)C. The minimum atomic E-state index is -2.52.